The molecule has 2 aromatic rings. The smallest absolute Gasteiger partial charge is 0.237 e. The van der Waals surface area contributed by atoms with Crippen LogP contribution in [0.4, 0.5) is 0 Å². The number of rotatable bonds is 1. The first-order valence-electron chi connectivity index (χ1n) is 5.49. The molecule has 2 amide bonds. The summed E-state index contributed by atoms with van der Waals surface area (Å²) < 4.78 is 2.65. The van der Waals surface area contributed by atoms with Crippen LogP contribution in [0.2, 0.25) is 0 Å². The van der Waals surface area contributed by atoms with Crippen molar-refractivity contribution in [1.82, 2.24) is 19.9 Å². The van der Waals surface area contributed by atoms with Crippen LogP contribution in [0.3, 0.4) is 0 Å². The lowest BCUT2D eigenvalue weighted by Crippen LogP contribution is -2.40. The molecule has 1 aliphatic heterocycles. The fraction of sp³-hybridized carbons (Fsp3) is 0.273. The Morgan fingerprint density at radius 3 is 2.94 bits per heavy atom. The molecule has 1 unspecified atom stereocenters. The number of nitrogens with zero attached hydrogens (tertiary/aromatic N) is 3. The van der Waals surface area contributed by atoms with Gasteiger partial charge in [-0.3, -0.25) is 19.3 Å². The molecule has 0 spiro atoms. The quantitative estimate of drug-likeness (QED) is 0.798. The summed E-state index contributed by atoms with van der Waals surface area (Å²) in [7, 11) is 0. The Kier molecular flexibility index (Phi) is 2.62. The largest absolute Gasteiger partial charge is 0.296 e. The predicted molar refractivity (Wildman–Crippen MR) is 65.8 cm³/mol. The molecule has 0 aromatic carbocycles. The van der Waals surface area contributed by atoms with Crippen LogP contribution in [0, 0.1) is 0 Å². The van der Waals surface area contributed by atoms with Gasteiger partial charge in [0.1, 0.15) is 5.82 Å². The van der Waals surface area contributed by atoms with Crippen molar-refractivity contribution in [2.24, 2.45) is 0 Å². The minimum atomic E-state index is -0.424. The first-order chi connectivity index (χ1) is 8.65. The minimum absolute atomic E-state index is 0.230. The number of nitrogens with one attached hydrogen (secondary N) is 1. The summed E-state index contributed by atoms with van der Waals surface area (Å²) in [6.07, 6.45) is 2.62. The minimum Gasteiger partial charge on any atom is -0.296 e. The summed E-state index contributed by atoms with van der Waals surface area (Å²) in [6, 6.07) is 3.67. The van der Waals surface area contributed by atoms with Crippen LogP contribution in [-0.2, 0) is 9.59 Å². The molecule has 0 radical (unpaired) electrons. The average molecular weight is 309 g/mol. The number of hydrogen-bond donors (Lipinski definition) is 1. The van der Waals surface area contributed by atoms with Gasteiger partial charge in [0.25, 0.3) is 0 Å². The summed E-state index contributed by atoms with van der Waals surface area (Å²) in [5.74, 6) is -0.393. The number of fused-ring (bicyclic) bond motifs is 1. The molecule has 3 heterocycles. The Balaban J connectivity index is 2.06. The second kappa shape index (κ2) is 4.16. The Bertz CT molecular complexity index is 652. The molecule has 92 valence electrons. The van der Waals surface area contributed by atoms with E-state index in [1.165, 1.54) is 0 Å². The van der Waals surface area contributed by atoms with E-state index < -0.39 is 5.92 Å². The highest BCUT2D eigenvalue weighted by molar-refractivity contribution is 9.10. The van der Waals surface area contributed by atoms with Crippen LogP contribution in [0.1, 0.15) is 24.6 Å². The van der Waals surface area contributed by atoms with Gasteiger partial charge < -0.3 is 0 Å². The van der Waals surface area contributed by atoms with E-state index in [1.54, 1.807) is 4.40 Å². The zero-order valence-corrected chi connectivity index (χ0v) is 10.8. The lowest BCUT2D eigenvalue weighted by molar-refractivity contribution is -0.134. The number of aromatic nitrogens is 3. The molecule has 2 aromatic heterocycles. The molecular weight excluding hydrogens is 300 g/mol. The first-order valence-corrected chi connectivity index (χ1v) is 6.28. The molecule has 1 fully saturated rings. The molecule has 1 saturated heterocycles. The number of halogens is 1. The van der Waals surface area contributed by atoms with E-state index in [0.29, 0.717) is 24.3 Å². The van der Waals surface area contributed by atoms with Gasteiger partial charge in [0, 0.05) is 17.1 Å². The van der Waals surface area contributed by atoms with E-state index in [0.717, 1.165) is 4.47 Å². The van der Waals surface area contributed by atoms with Crippen molar-refractivity contribution < 1.29 is 9.59 Å². The van der Waals surface area contributed by atoms with Gasteiger partial charge in [-0.25, -0.2) is 0 Å². The maximum absolute atomic E-state index is 11.8. The summed E-state index contributed by atoms with van der Waals surface area (Å²) in [5.41, 5.74) is 0.679. The van der Waals surface area contributed by atoms with E-state index in [1.807, 2.05) is 18.3 Å². The summed E-state index contributed by atoms with van der Waals surface area (Å²) >= 11 is 3.37. The number of amides is 2. The molecule has 6 nitrogen and oxygen atoms in total. The zero-order chi connectivity index (χ0) is 12.7. The van der Waals surface area contributed by atoms with Crippen molar-refractivity contribution in [2.45, 2.75) is 18.8 Å². The van der Waals surface area contributed by atoms with E-state index >= 15 is 0 Å². The fourth-order valence-corrected chi connectivity index (χ4v) is 2.40. The van der Waals surface area contributed by atoms with Crippen molar-refractivity contribution in [3.05, 3.63) is 28.6 Å². The second-order valence-corrected chi connectivity index (χ2v) is 5.05. The first kappa shape index (κ1) is 11.3. The number of piperidine rings is 1. The van der Waals surface area contributed by atoms with Crippen LogP contribution >= 0.6 is 15.9 Å². The van der Waals surface area contributed by atoms with E-state index in [4.69, 9.17) is 0 Å². The number of hydrogen-bond acceptors (Lipinski definition) is 4. The third-order valence-corrected chi connectivity index (χ3v) is 3.41. The van der Waals surface area contributed by atoms with Crippen molar-refractivity contribution in [2.75, 3.05) is 0 Å². The molecule has 1 N–H and O–H groups in total. The number of carbonyl (C=O) groups excluding carboxylic acids is 2. The van der Waals surface area contributed by atoms with Crippen molar-refractivity contribution >= 4 is 33.4 Å². The van der Waals surface area contributed by atoms with Crippen LogP contribution < -0.4 is 5.32 Å². The molecule has 18 heavy (non-hydrogen) atoms. The third kappa shape index (κ3) is 1.80. The Labute approximate surface area is 111 Å². The highest BCUT2D eigenvalue weighted by Crippen LogP contribution is 2.24. The van der Waals surface area contributed by atoms with Crippen molar-refractivity contribution in [1.29, 1.82) is 0 Å². The van der Waals surface area contributed by atoms with E-state index in [-0.39, 0.29) is 11.8 Å². The number of carbonyl (C=O) groups is 2. The molecule has 7 heteroatoms. The van der Waals surface area contributed by atoms with Crippen molar-refractivity contribution in [3.63, 3.8) is 0 Å². The number of pyridine rings is 1. The average Bonchev–Trinajstić information content (AvgIpc) is 2.72. The number of imide groups is 1. The SMILES string of the molecule is O=C1CCC(c2nnc3ccc(Br)cn23)C(=O)N1. The zero-order valence-electron chi connectivity index (χ0n) is 9.26. The monoisotopic (exact) mass is 308 g/mol. The highest BCUT2D eigenvalue weighted by atomic mass is 79.9. The maximum Gasteiger partial charge on any atom is 0.237 e. The van der Waals surface area contributed by atoms with Crippen LogP contribution in [0.25, 0.3) is 5.65 Å². The maximum atomic E-state index is 11.8. The Hall–Kier alpha value is -1.76. The molecule has 1 aliphatic rings. The molecular formula is C11H9BrN4O2. The van der Waals surface area contributed by atoms with Gasteiger partial charge in [-0.15, -0.1) is 10.2 Å². The lowest BCUT2D eigenvalue weighted by atomic mass is 9.97. The third-order valence-electron chi connectivity index (χ3n) is 2.94. The Morgan fingerprint density at radius 2 is 2.17 bits per heavy atom. The van der Waals surface area contributed by atoms with Gasteiger partial charge in [0.15, 0.2) is 5.65 Å². The van der Waals surface area contributed by atoms with Gasteiger partial charge in [0.05, 0.1) is 5.92 Å². The van der Waals surface area contributed by atoms with Crippen LogP contribution in [-0.4, -0.2) is 26.4 Å². The second-order valence-electron chi connectivity index (χ2n) is 4.14. The van der Waals surface area contributed by atoms with Crippen LogP contribution in [0.15, 0.2) is 22.8 Å². The summed E-state index contributed by atoms with van der Waals surface area (Å²) in [6.45, 7) is 0. The van der Waals surface area contributed by atoms with E-state index in [9.17, 15) is 9.59 Å². The van der Waals surface area contributed by atoms with Gasteiger partial charge in [-0.05, 0) is 34.5 Å². The van der Waals surface area contributed by atoms with E-state index in [2.05, 4.69) is 31.4 Å². The van der Waals surface area contributed by atoms with Gasteiger partial charge >= 0.3 is 0 Å². The van der Waals surface area contributed by atoms with Crippen molar-refractivity contribution in [3.8, 4) is 0 Å². The van der Waals surface area contributed by atoms with Gasteiger partial charge in [-0.1, -0.05) is 0 Å². The molecule has 0 aliphatic carbocycles. The molecule has 0 bridgehead atoms. The standard InChI is InChI=1S/C11H9BrN4O2/c12-6-1-3-8-14-15-10(16(8)5-6)7-2-4-9(17)13-11(7)18/h1,3,5,7H,2,4H2,(H,13,17,18). The topological polar surface area (TPSA) is 76.4 Å². The molecule has 0 saturated carbocycles. The molecule has 1 atom stereocenters. The highest BCUT2D eigenvalue weighted by Gasteiger charge is 2.31. The normalized spacial score (nSPS) is 20.2. The predicted octanol–water partition coefficient (Wildman–Crippen LogP) is 1.01. The van der Waals surface area contributed by atoms with Gasteiger partial charge in [-0.2, -0.15) is 0 Å². The summed E-state index contributed by atoms with van der Waals surface area (Å²) in [4.78, 5) is 22.9. The van der Waals surface area contributed by atoms with Crippen LogP contribution in [0.5, 0.6) is 0 Å². The Morgan fingerprint density at radius 1 is 1.33 bits per heavy atom. The van der Waals surface area contributed by atoms with Gasteiger partial charge in [0.2, 0.25) is 11.8 Å². The molecule has 3 rings (SSSR count). The lowest BCUT2D eigenvalue weighted by Gasteiger charge is -2.19. The summed E-state index contributed by atoms with van der Waals surface area (Å²) in [5, 5.41) is 10.4. The fourth-order valence-electron chi connectivity index (χ4n) is 2.06.